The smallest absolute Gasteiger partial charge is 0.225 e. The summed E-state index contributed by atoms with van der Waals surface area (Å²) < 4.78 is 5.29. The SMILES string of the molecule is CC(=O)N1C=Cc2ccccc2C1CC(=O)N1CCN(Cc2cc(C)no2)CC1. The molecule has 152 valence electrons. The monoisotopic (exact) mass is 394 g/mol. The van der Waals surface area contributed by atoms with Crippen molar-refractivity contribution in [3.63, 3.8) is 0 Å². The van der Waals surface area contributed by atoms with Crippen LogP contribution in [0.4, 0.5) is 0 Å². The summed E-state index contributed by atoms with van der Waals surface area (Å²) in [5.41, 5.74) is 2.97. The lowest BCUT2D eigenvalue weighted by Gasteiger charge is -2.37. The standard InChI is InChI=1S/C22H26N4O3/c1-16-13-19(29-23-16)15-24-9-11-25(12-10-24)22(28)14-21-20-6-4-3-5-18(20)7-8-26(21)17(2)27/h3-8,13,21H,9-12,14-15H2,1-2H3. The number of aromatic nitrogens is 1. The highest BCUT2D eigenvalue weighted by Crippen LogP contribution is 2.33. The number of amides is 2. The predicted octanol–water partition coefficient (Wildman–Crippen LogP) is 2.59. The largest absolute Gasteiger partial charge is 0.360 e. The molecule has 0 N–H and O–H groups in total. The van der Waals surface area contributed by atoms with Crippen LogP contribution in [0.1, 0.15) is 42.0 Å². The zero-order chi connectivity index (χ0) is 20.4. The maximum atomic E-state index is 13.0. The number of aryl methyl sites for hydroxylation is 1. The molecule has 0 saturated carbocycles. The average Bonchev–Trinajstić information content (AvgIpc) is 3.13. The van der Waals surface area contributed by atoms with Crippen molar-refractivity contribution in [2.45, 2.75) is 32.9 Å². The summed E-state index contributed by atoms with van der Waals surface area (Å²) in [5, 5.41) is 3.93. The van der Waals surface area contributed by atoms with Gasteiger partial charge in [-0.15, -0.1) is 0 Å². The fourth-order valence-corrected chi connectivity index (χ4v) is 4.07. The van der Waals surface area contributed by atoms with E-state index in [1.807, 2.05) is 48.2 Å². The number of piperazine rings is 1. The minimum absolute atomic E-state index is 0.0549. The van der Waals surface area contributed by atoms with Crippen molar-refractivity contribution < 1.29 is 14.1 Å². The van der Waals surface area contributed by atoms with E-state index in [4.69, 9.17) is 4.52 Å². The first-order valence-corrected chi connectivity index (χ1v) is 9.99. The second-order valence-corrected chi connectivity index (χ2v) is 7.68. The first-order chi connectivity index (χ1) is 14.0. The van der Waals surface area contributed by atoms with Crippen molar-refractivity contribution in [2.24, 2.45) is 0 Å². The third-order valence-corrected chi connectivity index (χ3v) is 5.62. The molecule has 1 aromatic heterocycles. The van der Waals surface area contributed by atoms with Gasteiger partial charge in [0.25, 0.3) is 0 Å². The van der Waals surface area contributed by atoms with Gasteiger partial charge in [-0.2, -0.15) is 0 Å². The zero-order valence-corrected chi connectivity index (χ0v) is 16.9. The van der Waals surface area contributed by atoms with Crippen LogP contribution in [-0.4, -0.2) is 57.8 Å². The normalized spacial score (nSPS) is 19.3. The Morgan fingerprint density at radius 3 is 2.62 bits per heavy atom. The van der Waals surface area contributed by atoms with Crippen LogP contribution in [0, 0.1) is 6.92 Å². The molecule has 29 heavy (non-hydrogen) atoms. The number of fused-ring (bicyclic) bond motifs is 1. The van der Waals surface area contributed by atoms with Crippen molar-refractivity contribution in [2.75, 3.05) is 26.2 Å². The van der Waals surface area contributed by atoms with Gasteiger partial charge in [0.2, 0.25) is 11.8 Å². The van der Waals surface area contributed by atoms with Crippen LogP contribution >= 0.6 is 0 Å². The molecule has 3 heterocycles. The van der Waals surface area contributed by atoms with Crippen molar-refractivity contribution in [1.82, 2.24) is 19.9 Å². The average molecular weight is 394 g/mol. The quantitative estimate of drug-likeness (QED) is 0.797. The van der Waals surface area contributed by atoms with Crippen LogP contribution in [0.5, 0.6) is 0 Å². The number of carbonyl (C=O) groups is 2. The van der Waals surface area contributed by atoms with E-state index in [9.17, 15) is 9.59 Å². The maximum absolute atomic E-state index is 13.0. The third kappa shape index (κ3) is 4.24. The molecule has 0 aliphatic carbocycles. The molecule has 7 nitrogen and oxygen atoms in total. The van der Waals surface area contributed by atoms with Gasteiger partial charge in [0, 0.05) is 45.4 Å². The molecule has 0 radical (unpaired) electrons. The van der Waals surface area contributed by atoms with E-state index in [0.29, 0.717) is 26.1 Å². The van der Waals surface area contributed by atoms with E-state index in [1.54, 1.807) is 18.0 Å². The number of rotatable bonds is 4. The number of carbonyl (C=O) groups excluding carboxylic acids is 2. The van der Waals surface area contributed by atoms with Crippen molar-refractivity contribution in [3.8, 4) is 0 Å². The zero-order valence-electron chi connectivity index (χ0n) is 16.9. The fourth-order valence-electron chi connectivity index (χ4n) is 4.07. The van der Waals surface area contributed by atoms with E-state index in [-0.39, 0.29) is 17.9 Å². The molecular formula is C22H26N4O3. The Bertz CT molecular complexity index is 928. The van der Waals surface area contributed by atoms with E-state index < -0.39 is 0 Å². The Morgan fingerprint density at radius 1 is 1.17 bits per heavy atom. The van der Waals surface area contributed by atoms with Crippen LogP contribution in [0.2, 0.25) is 0 Å². The molecule has 0 bridgehead atoms. The number of benzene rings is 1. The Labute approximate surface area is 170 Å². The maximum Gasteiger partial charge on any atom is 0.225 e. The van der Waals surface area contributed by atoms with E-state index in [0.717, 1.165) is 35.7 Å². The lowest BCUT2D eigenvalue weighted by Crippen LogP contribution is -2.49. The van der Waals surface area contributed by atoms with Crippen LogP contribution in [0.25, 0.3) is 6.08 Å². The highest BCUT2D eigenvalue weighted by Gasteiger charge is 2.31. The molecule has 1 fully saturated rings. The molecule has 1 unspecified atom stereocenters. The van der Waals surface area contributed by atoms with Gasteiger partial charge in [0.05, 0.1) is 24.7 Å². The number of hydrogen-bond acceptors (Lipinski definition) is 5. The molecule has 2 amide bonds. The van der Waals surface area contributed by atoms with Crippen LogP contribution in [0.3, 0.4) is 0 Å². The Hall–Kier alpha value is -2.93. The molecule has 1 aromatic carbocycles. The first-order valence-electron chi connectivity index (χ1n) is 9.99. The van der Waals surface area contributed by atoms with Crippen LogP contribution < -0.4 is 0 Å². The summed E-state index contributed by atoms with van der Waals surface area (Å²) in [6.45, 7) is 7.10. The molecular weight excluding hydrogens is 368 g/mol. The summed E-state index contributed by atoms with van der Waals surface area (Å²) in [6.07, 6.45) is 4.02. The molecule has 2 aliphatic heterocycles. The van der Waals surface area contributed by atoms with Crippen molar-refractivity contribution in [3.05, 3.63) is 59.1 Å². The van der Waals surface area contributed by atoms with Crippen LogP contribution in [0.15, 0.2) is 41.1 Å². The van der Waals surface area contributed by atoms with E-state index >= 15 is 0 Å². The highest BCUT2D eigenvalue weighted by molar-refractivity contribution is 5.82. The summed E-state index contributed by atoms with van der Waals surface area (Å²) in [6, 6.07) is 9.64. The van der Waals surface area contributed by atoms with Gasteiger partial charge in [0.1, 0.15) is 0 Å². The predicted molar refractivity (Wildman–Crippen MR) is 108 cm³/mol. The molecule has 2 aromatic rings. The molecule has 0 spiro atoms. The van der Waals surface area contributed by atoms with E-state index in [1.165, 1.54) is 0 Å². The first kappa shape index (κ1) is 19.4. The van der Waals surface area contributed by atoms with Gasteiger partial charge in [-0.1, -0.05) is 29.4 Å². The molecule has 2 aliphatic rings. The van der Waals surface area contributed by atoms with Gasteiger partial charge >= 0.3 is 0 Å². The van der Waals surface area contributed by atoms with Gasteiger partial charge in [0.15, 0.2) is 5.76 Å². The van der Waals surface area contributed by atoms with E-state index in [2.05, 4.69) is 10.1 Å². The third-order valence-electron chi connectivity index (χ3n) is 5.62. The van der Waals surface area contributed by atoms with Crippen LogP contribution in [-0.2, 0) is 16.1 Å². The highest BCUT2D eigenvalue weighted by atomic mass is 16.5. The Balaban J connectivity index is 1.38. The van der Waals surface area contributed by atoms with Crippen molar-refractivity contribution in [1.29, 1.82) is 0 Å². The van der Waals surface area contributed by atoms with Gasteiger partial charge in [-0.05, 0) is 24.1 Å². The molecule has 1 saturated heterocycles. The summed E-state index contributed by atoms with van der Waals surface area (Å²) in [4.78, 5) is 31.0. The fraction of sp³-hybridized carbons (Fsp3) is 0.409. The number of hydrogen-bond donors (Lipinski definition) is 0. The van der Waals surface area contributed by atoms with Gasteiger partial charge in [-0.3, -0.25) is 14.5 Å². The molecule has 7 heteroatoms. The summed E-state index contributed by atoms with van der Waals surface area (Å²) in [5.74, 6) is 0.882. The minimum Gasteiger partial charge on any atom is -0.360 e. The number of nitrogens with zero attached hydrogens (tertiary/aromatic N) is 4. The topological polar surface area (TPSA) is 69.9 Å². The summed E-state index contributed by atoms with van der Waals surface area (Å²) in [7, 11) is 0. The summed E-state index contributed by atoms with van der Waals surface area (Å²) >= 11 is 0. The lowest BCUT2D eigenvalue weighted by molar-refractivity contribution is -0.136. The molecule has 1 atom stereocenters. The van der Waals surface area contributed by atoms with Gasteiger partial charge in [-0.25, -0.2) is 0 Å². The Morgan fingerprint density at radius 2 is 1.93 bits per heavy atom. The lowest BCUT2D eigenvalue weighted by atomic mass is 9.93. The second kappa shape index (κ2) is 8.21. The molecule has 4 rings (SSSR count). The minimum atomic E-state index is -0.253. The van der Waals surface area contributed by atoms with Gasteiger partial charge < -0.3 is 14.3 Å². The Kier molecular flexibility index (Phi) is 5.49. The van der Waals surface area contributed by atoms with Crippen molar-refractivity contribution >= 4 is 17.9 Å². The second-order valence-electron chi connectivity index (χ2n) is 7.68.